The van der Waals surface area contributed by atoms with Gasteiger partial charge in [0.1, 0.15) is 0 Å². The van der Waals surface area contributed by atoms with Crippen molar-refractivity contribution in [2.45, 2.75) is 25.7 Å². The molecule has 1 amide bonds. The van der Waals surface area contributed by atoms with Gasteiger partial charge in [-0.05, 0) is 43.9 Å². The maximum absolute atomic E-state index is 12.4. The van der Waals surface area contributed by atoms with Gasteiger partial charge in [-0.2, -0.15) is 0 Å². The highest BCUT2D eigenvalue weighted by Gasteiger charge is 2.46. The van der Waals surface area contributed by atoms with Gasteiger partial charge < -0.3 is 14.4 Å². The average Bonchev–Trinajstić information content (AvgIpc) is 3.10. The number of likely N-dealkylation sites (tertiary alicyclic amines) is 1. The quantitative estimate of drug-likeness (QED) is 0.789. The Morgan fingerprint density at radius 2 is 1.75 bits per heavy atom. The van der Waals surface area contributed by atoms with Crippen molar-refractivity contribution >= 4 is 5.91 Å². The number of ether oxygens (including phenoxy) is 2. The summed E-state index contributed by atoms with van der Waals surface area (Å²) in [4.78, 5) is 14.3. The summed E-state index contributed by atoms with van der Waals surface area (Å²) in [7, 11) is 0. The Kier molecular flexibility index (Phi) is 2.65. The van der Waals surface area contributed by atoms with Crippen molar-refractivity contribution in [3.05, 3.63) is 23.8 Å². The first-order chi connectivity index (χ1) is 9.76. The van der Waals surface area contributed by atoms with Gasteiger partial charge in [0.2, 0.25) is 0 Å². The summed E-state index contributed by atoms with van der Waals surface area (Å²) in [6.07, 6.45) is 4.58. The van der Waals surface area contributed by atoms with E-state index in [2.05, 4.69) is 0 Å². The minimum atomic E-state index is 0.110. The van der Waals surface area contributed by atoms with Crippen molar-refractivity contribution in [1.82, 2.24) is 4.90 Å². The van der Waals surface area contributed by atoms with Crippen molar-refractivity contribution in [3.8, 4) is 11.5 Å². The van der Waals surface area contributed by atoms with Crippen LogP contribution in [0.15, 0.2) is 18.2 Å². The van der Waals surface area contributed by atoms with Crippen molar-refractivity contribution in [2.75, 3.05) is 26.3 Å². The molecule has 0 aromatic heterocycles. The molecule has 0 atom stereocenters. The number of hydrogen-bond donors (Lipinski definition) is 0. The highest BCUT2D eigenvalue weighted by atomic mass is 16.5. The van der Waals surface area contributed by atoms with Crippen molar-refractivity contribution in [3.63, 3.8) is 0 Å². The standard InChI is InChI=1S/C16H19NO3/c18-15(17-7-1-2-8-17)12-3-4-13-14(9-12)20-11-16(5-6-16)10-19-13/h3-4,9H,1-2,5-8,10-11H2. The largest absolute Gasteiger partial charge is 0.489 e. The first-order valence-electron chi connectivity index (χ1n) is 7.45. The molecule has 1 aromatic carbocycles. The lowest BCUT2D eigenvalue weighted by Gasteiger charge is -2.16. The molecule has 0 unspecified atom stereocenters. The molecule has 1 saturated carbocycles. The van der Waals surface area contributed by atoms with E-state index in [4.69, 9.17) is 9.47 Å². The summed E-state index contributed by atoms with van der Waals surface area (Å²) in [5, 5.41) is 0. The van der Waals surface area contributed by atoms with Gasteiger partial charge >= 0.3 is 0 Å². The van der Waals surface area contributed by atoms with Crippen LogP contribution in [0.5, 0.6) is 11.5 Å². The number of carbonyl (C=O) groups excluding carboxylic acids is 1. The Morgan fingerprint density at radius 1 is 1.05 bits per heavy atom. The van der Waals surface area contributed by atoms with Crippen LogP contribution in [-0.4, -0.2) is 37.1 Å². The predicted molar refractivity (Wildman–Crippen MR) is 74.2 cm³/mol. The molecule has 1 aromatic rings. The zero-order valence-electron chi connectivity index (χ0n) is 11.6. The van der Waals surface area contributed by atoms with E-state index in [0.29, 0.717) is 12.2 Å². The van der Waals surface area contributed by atoms with Gasteiger partial charge in [0, 0.05) is 24.1 Å². The van der Waals surface area contributed by atoms with Crippen LogP contribution in [0.2, 0.25) is 0 Å². The Morgan fingerprint density at radius 3 is 2.45 bits per heavy atom. The molecule has 0 N–H and O–H groups in total. The number of fused-ring (bicyclic) bond motifs is 1. The smallest absolute Gasteiger partial charge is 0.253 e. The van der Waals surface area contributed by atoms with Crippen LogP contribution >= 0.6 is 0 Å². The molecule has 106 valence electrons. The third-order valence-corrected chi connectivity index (χ3v) is 4.61. The fourth-order valence-corrected chi connectivity index (χ4v) is 2.94. The van der Waals surface area contributed by atoms with E-state index in [-0.39, 0.29) is 11.3 Å². The lowest BCUT2D eigenvalue weighted by Crippen LogP contribution is -2.27. The summed E-state index contributed by atoms with van der Waals surface area (Å²) in [6, 6.07) is 5.57. The molecule has 1 aliphatic carbocycles. The molecule has 0 bridgehead atoms. The number of rotatable bonds is 1. The van der Waals surface area contributed by atoms with E-state index >= 15 is 0 Å². The van der Waals surface area contributed by atoms with Gasteiger partial charge in [0.15, 0.2) is 11.5 Å². The monoisotopic (exact) mass is 273 g/mol. The lowest BCUT2D eigenvalue weighted by atomic mass is 10.1. The van der Waals surface area contributed by atoms with Crippen molar-refractivity contribution in [1.29, 1.82) is 0 Å². The van der Waals surface area contributed by atoms with E-state index in [9.17, 15) is 4.79 Å². The molecule has 4 heteroatoms. The lowest BCUT2D eigenvalue weighted by molar-refractivity contribution is 0.0792. The first-order valence-corrected chi connectivity index (χ1v) is 7.45. The molecule has 4 rings (SSSR count). The number of amides is 1. The van der Waals surface area contributed by atoms with E-state index in [0.717, 1.165) is 44.0 Å². The normalized spacial score (nSPS) is 22.7. The second-order valence-corrected chi connectivity index (χ2v) is 6.24. The topological polar surface area (TPSA) is 38.8 Å². The Balaban J connectivity index is 1.57. The second kappa shape index (κ2) is 4.40. The van der Waals surface area contributed by atoms with Gasteiger partial charge in [-0.3, -0.25) is 4.79 Å². The minimum Gasteiger partial charge on any atom is -0.489 e. The third-order valence-electron chi connectivity index (χ3n) is 4.61. The Bertz CT molecular complexity index is 545. The maximum atomic E-state index is 12.4. The molecular weight excluding hydrogens is 254 g/mol. The molecule has 2 heterocycles. The predicted octanol–water partition coefficient (Wildman–Crippen LogP) is 2.47. The van der Waals surface area contributed by atoms with E-state index < -0.39 is 0 Å². The maximum Gasteiger partial charge on any atom is 0.253 e. The molecule has 1 saturated heterocycles. The van der Waals surface area contributed by atoms with E-state index in [1.165, 1.54) is 12.8 Å². The van der Waals surface area contributed by atoms with Crippen LogP contribution < -0.4 is 9.47 Å². The summed E-state index contributed by atoms with van der Waals surface area (Å²) in [5.74, 6) is 1.60. The fourth-order valence-electron chi connectivity index (χ4n) is 2.94. The number of nitrogens with zero attached hydrogens (tertiary/aromatic N) is 1. The number of carbonyl (C=O) groups is 1. The highest BCUT2D eigenvalue weighted by molar-refractivity contribution is 5.95. The van der Waals surface area contributed by atoms with Gasteiger partial charge in [-0.15, -0.1) is 0 Å². The zero-order chi connectivity index (χ0) is 13.6. The summed E-state index contributed by atoms with van der Waals surface area (Å²) in [6.45, 7) is 3.19. The summed E-state index contributed by atoms with van der Waals surface area (Å²) >= 11 is 0. The Hall–Kier alpha value is -1.71. The molecular formula is C16H19NO3. The van der Waals surface area contributed by atoms with Crippen LogP contribution in [0.3, 0.4) is 0 Å². The highest BCUT2D eigenvalue weighted by Crippen LogP contribution is 2.49. The fraction of sp³-hybridized carbons (Fsp3) is 0.562. The minimum absolute atomic E-state index is 0.110. The molecule has 2 fully saturated rings. The Labute approximate surface area is 118 Å². The van der Waals surface area contributed by atoms with Crippen LogP contribution in [-0.2, 0) is 0 Å². The number of hydrogen-bond acceptors (Lipinski definition) is 3. The van der Waals surface area contributed by atoms with Crippen LogP contribution in [0.25, 0.3) is 0 Å². The molecule has 2 aliphatic heterocycles. The molecule has 1 spiro atoms. The van der Waals surface area contributed by atoms with Gasteiger partial charge in [0.05, 0.1) is 13.2 Å². The second-order valence-electron chi connectivity index (χ2n) is 6.24. The molecule has 0 radical (unpaired) electrons. The molecule has 3 aliphatic rings. The zero-order valence-corrected chi connectivity index (χ0v) is 11.6. The van der Waals surface area contributed by atoms with Crippen molar-refractivity contribution < 1.29 is 14.3 Å². The van der Waals surface area contributed by atoms with Gasteiger partial charge in [-0.1, -0.05) is 0 Å². The van der Waals surface area contributed by atoms with E-state index in [1.54, 1.807) is 0 Å². The van der Waals surface area contributed by atoms with E-state index in [1.807, 2.05) is 23.1 Å². The van der Waals surface area contributed by atoms with Gasteiger partial charge in [-0.25, -0.2) is 0 Å². The average molecular weight is 273 g/mol. The number of benzene rings is 1. The van der Waals surface area contributed by atoms with Gasteiger partial charge in [0.25, 0.3) is 5.91 Å². The van der Waals surface area contributed by atoms with Crippen LogP contribution in [0, 0.1) is 5.41 Å². The van der Waals surface area contributed by atoms with Crippen LogP contribution in [0.1, 0.15) is 36.0 Å². The SMILES string of the molecule is O=C(c1ccc2c(c1)OCC1(CC1)CO2)N1CCCC1. The molecule has 4 nitrogen and oxygen atoms in total. The third kappa shape index (κ3) is 2.03. The molecule has 20 heavy (non-hydrogen) atoms. The van der Waals surface area contributed by atoms with Crippen LogP contribution in [0.4, 0.5) is 0 Å². The summed E-state index contributed by atoms with van der Waals surface area (Å²) < 4.78 is 11.7. The first kappa shape index (κ1) is 12.1. The summed E-state index contributed by atoms with van der Waals surface area (Å²) in [5.41, 5.74) is 0.944. The van der Waals surface area contributed by atoms with Crippen molar-refractivity contribution in [2.24, 2.45) is 5.41 Å².